The highest BCUT2D eigenvalue weighted by Crippen LogP contribution is 2.28. The zero-order valence-electron chi connectivity index (χ0n) is 10.5. The predicted octanol–water partition coefficient (Wildman–Crippen LogP) is 2.62. The fourth-order valence-electron chi connectivity index (χ4n) is 2.74. The third-order valence-electron chi connectivity index (χ3n) is 3.73. The summed E-state index contributed by atoms with van der Waals surface area (Å²) >= 11 is 0. The normalized spacial score (nSPS) is 24.8. The zero-order chi connectivity index (χ0) is 11.7. The van der Waals surface area contributed by atoms with Crippen molar-refractivity contribution in [2.75, 3.05) is 11.9 Å². The fourth-order valence-corrected chi connectivity index (χ4v) is 2.74. The molecule has 1 aliphatic carbocycles. The van der Waals surface area contributed by atoms with Gasteiger partial charge >= 0.3 is 0 Å². The Morgan fingerprint density at radius 2 is 2.00 bits per heavy atom. The van der Waals surface area contributed by atoms with Crippen LogP contribution in [0, 0.1) is 13.8 Å². The predicted molar refractivity (Wildman–Crippen MR) is 69.9 cm³/mol. The largest absolute Gasteiger partial charge is 0.371 e. The van der Waals surface area contributed by atoms with E-state index in [-0.39, 0.29) is 0 Å². The first kappa shape index (κ1) is 11.5. The van der Waals surface area contributed by atoms with Gasteiger partial charge in [0.2, 0.25) is 0 Å². The van der Waals surface area contributed by atoms with E-state index in [1.807, 2.05) is 0 Å². The van der Waals surface area contributed by atoms with E-state index in [4.69, 9.17) is 5.73 Å². The van der Waals surface area contributed by atoms with Crippen molar-refractivity contribution in [1.29, 1.82) is 0 Å². The summed E-state index contributed by atoms with van der Waals surface area (Å²) in [6.45, 7) is 4.33. The van der Waals surface area contributed by atoms with Crippen LogP contribution >= 0.6 is 0 Å². The van der Waals surface area contributed by atoms with Crippen LogP contribution in [0.5, 0.6) is 0 Å². The Morgan fingerprint density at radius 3 is 2.56 bits per heavy atom. The van der Waals surface area contributed by atoms with E-state index in [0.717, 1.165) is 6.42 Å². The van der Waals surface area contributed by atoms with Gasteiger partial charge in [0.15, 0.2) is 0 Å². The molecular formula is C14H22N2. The number of nitrogens with zero attached hydrogens (tertiary/aromatic N) is 1. The van der Waals surface area contributed by atoms with Gasteiger partial charge in [-0.1, -0.05) is 17.7 Å². The van der Waals surface area contributed by atoms with Gasteiger partial charge in [0.05, 0.1) is 0 Å². The van der Waals surface area contributed by atoms with Gasteiger partial charge in [-0.2, -0.15) is 0 Å². The molecule has 2 rings (SSSR count). The zero-order valence-corrected chi connectivity index (χ0v) is 10.5. The highest BCUT2D eigenvalue weighted by Gasteiger charge is 2.25. The van der Waals surface area contributed by atoms with Crippen molar-refractivity contribution >= 4 is 5.69 Å². The van der Waals surface area contributed by atoms with Gasteiger partial charge in [-0.05, 0) is 44.7 Å². The Kier molecular flexibility index (Phi) is 3.20. The van der Waals surface area contributed by atoms with E-state index >= 15 is 0 Å². The Hall–Kier alpha value is -1.02. The van der Waals surface area contributed by atoms with Crippen LogP contribution in [0.1, 0.15) is 30.4 Å². The molecule has 0 heterocycles. The molecule has 2 atom stereocenters. The Balaban J connectivity index is 2.17. The first-order chi connectivity index (χ1) is 7.58. The first-order valence-electron chi connectivity index (χ1n) is 6.13. The highest BCUT2D eigenvalue weighted by atomic mass is 15.1. The molecule has 0 aromatic heterocycles. The van der Waals surface area contributed by atoms with Gasteiger partial charge in [-0.25, -0.2) is 0 Å². The van der Waals surface area contributed by atoms with E-state index < -0.39 is 0 Å². The lowest BCUT2D eigenvalue weighted by Gasteiger charge is -2.28. The van der Waals surface area contributed by atoms with Gasteiger partial charge in [-0.15, -0.1) is 0 Å². The van der Waals surface area contributed by atoms with Gasteiger partial charge in [0.1, 0.15) is 0 Å². The maximum atomic E-state index is 5.98. The van der Waals surface area contributed by atoms with Crippen LogP contribution in [-0.4, -0.2) is 19.1 Å². The van der Waals surface area contributed by atoms with Crippen LogP contribution < -0.4 is 10.6 Å². The standard InChI is InChI=1S/C14H22N2/c1-10-4-7-14(11(2)8-10)16(3)13-6-5-12(15)9-13/h4,7-8,12-13H,5-6,9,15H2,1-3H3. The summed E-state index contributed by atoms with van der Waals surface area (Å²) in [4.78, 5) is 2.40. The second-order valence-electron chi connectivity index (χ2n) is 5.13. The second kappa shape index (κ2) is 4.46. The van der Waals surface area contributed by atoms with Gasteiger partial charge in [0.25, 0.3) is 0 Å². The third kappa shape index (κ3) is 2.22. The van der Waals surface area contributed by atoms with E-state index in [1.54, 1.807) is 0 Å². The van der Waals surface area contributed by atoms with Gasteiger partial charge in [-0.3, -0.25) is 0 Å². The molecule has 0 aliphatic heterocycles. The number of anilines is 1. The molecule has 16 heavy (non-hydrogen) atoms. The van der Waals surface area contributed by atoms with E-state index in [1.165, 1.54) is 29.7 Å². The summed E-state index contributed by atoms with van der Waals surface area (Å²) in [5, 5.41) is 0. The summed E-state index contributed by atoms with van der Waals surface area (Å²) < 4.78 is 0. The monoisotopic (exact) mass is 218 g/mol. The number of rotatable bonds is 2. The average molecular weight is 218 g/mol. The Morgan fingerprint density at radius 1 is 1.25 bits per heavy atom. The number of hydrogen-bond donors (Lipinski definition) is 1. The SMILES string of the molecule is Cc1ccc(N(C)C2CCC(N)C2)c(C)c1. The molecule has 1 aliphatic rings. The lowest BCUT2D eigenvalue weighted by Crippen LogP contribution is -2.31. The molecule has 1 aromatic carbocycles. The summed E-state index contributed by atoms with van der Waals surface area (Å²) in [7, 11) is 2.19. The summed E-state index contributed by atoms with van der Waals surface area (Å²) in [6, 6.07) is 7.69. The number of benzene rings is 1. The smallest absolute Gasteiger partial charge is 0.0396 e. The molecule has 1 aromatic rings. The molecule has 88 valence electrons. The number of nitrogens with two attached hydrogens (primary N) is 1. The molecule has 0 saturated heterocycles. The third-order valence-corrected chi connectivity index (χ3v) is 3.73. The average Bonchev–Trinajstić information content (AvgIpc) is 2.64. The summed E-state index contributed by atoms with van der Waals surface area (Å²) in [5.74, 6) is 0. The lowest BCUT2D eigenvalue weighted by molar-refractivity contribution is 0.631. The summed E-state index contributed by atoms with van der Waals surface area (Å²) in [5.41, 5.74) is 10.0. The Bertz CT molecular complexity index is 373. The molecule has 2 unspecified atom stereocenters. The van der Waals surface area contributed by atoms with Crippen LogP contribution in [0.3, 0.4) is 0 Å². The minimum absolute atomic E-state index is 0.401. The van der Waals surface area contributed by atoms with Crippen LogP contribution in [0.15, 0.2) is 18.2 Å². The van der Waals surface area contributed by atoms with Crippen molar-refractivity contribution in [3.63, 3.8) is 0 Å². The van der Waals surface area contributed by atoms with Crippen molar-refractivity contribution in [1.82, 2.24) is 0 Å². The minimum atomic E-state index is 0.401. The molecule has 0 radical (unpaired) electrons. The van der Waals surface area contributed by atoms with Crippen LogP contribution in [0.25, 0.3) is 0 Å². The van der Waals surface area contributed by atoms with Crippen molar-refractivity contribution in [2.24, 2.45) is 5.73 Å². The van der Waals surface area contributed by atoms with E-state index in [0.29, 0.717) is 12.1 Å². The quantitative estimate of drug-likeness (QED) is 0.827. The maximum Gasteiger partial charge on any atom is 0.0396 e. The fraction of sp³-hybridized carbons (Fsp3) is 0.571. The van der Waals surface area contributed by atoms with Crippen molar-refractivity contribution in [3.8, 4) is 0 Å². The van der Waals surface area contributed by atoms with E-state index in [9.17, 15) is 0 Å². The molecule has 0 bridgehead atoms. The molecule has 2 nitrogen and oxygen atoms in total. The molecule has 1 saturated carbocycles. The lowest BCUT2D eigenvalue weighted by atomic mass is 10.1. The molecular weight excluding hydrogens is 196 g/mol. The second-order valence-corrected chi connectivity index (χ2v) is 5.13. The topological polar surface area (TPSA) is 29.3 Å². The number of aryl methyl sites for hydroxylation is 2. The Labute approximate surface area is 98.4 Å². The summed E-state index contributed by atoms with van der Waals surface area (Å²) in [6.07, 6.45) is 3.52. The highest BCUT2D eigenvalue weighted by molar-refractivity contribution is 5.54. The molecule has 1 fully saturated rings. The van der Waals surface area contributed by atoms with Crippen molar-refractivity contribution in [2.45, 2.75) is 45.2 Å². The molecule has 0 amide bonds. The van der Waals surface area contributed by atoms with Crippen molar-refractivity contribution in [3.05, 3.63) is 29.3 Å². The van der Waals surface area contributed by atoms with E-state index in [2.05, 4.69) is 44.0 Å². The first-order valence-corrected chi connectivity index (χ1v) is 6.13. The van der Waals surface area contributed by atoms with Gasteiger partial charge < -0.3 is 10.6 Å². The maximum absolute atomic E-state index is 5.98. The molecule has 2 heteroatoms. The molecule has 2 N–H and O–H groups in total. The minimum Gasteiger partial charge on any atom is -0.371 e. The number of hydrogen-bond acceptors (Lipinski definition) is 2. The van der Waals surface area contributed by atoms with Crippen molar-refractivity contribution < 1.29 is 0 Å². The van der Waals surface area contributed by atoms with Crippen LogP contribution in [0.4, 0.5) is 5.69 Å². The van der Waals surface area contributed by atoms with Gasteiger partial charge in [0, 0.05) is 24.8 Å². The molecule has 0 spiro atoms. The van der Waals surface area contributed by atoms with Crippen LogP contribution in [0.2, 0.25) is 0 Å². The van der Waals surface area contributed by atoms with Crippen LogP contribution in [-0.2, 0) is 0 Å².